The molecule has 0 unspecified atom stereocenters. The molecule has 110 valence electrons. The van der Waals surface area contributed by atoms with Gasteiger partial charge in [0.2, 0.25) is 11.7 Å². The van der Waals surface area contributed by atoms with Gasteiger partial charge in [-0.05, 0) is 5.92 Å². The number of aromatic nitrogens is 2. The van der Waals surface area contributed by atoms with Gasteiger partial charge in [-0.1, -0.05) is 13.8 Å². The first kappa shape index (κ1) is 15.6. The van der Waals surface area contributed by atoms with Crippen molar-refractivity contribution in [2.24, 2.45) is 5.92 Å². The summed E-state index contributed by atoms with van der Waals surface area (Å²) < 4.78 is 4.80. The van der Waals surface area contributed by atoms with Crippen molar-refractivity contribution < 1.29 is 14.5 Å². The molecule has 1 amide bonds. The van der Waals surface area contributed by atoms with Gasteiger partial charge in [-0.15, -0.1) is 0 Å². The molecule has 0 radical (unpaired) electrons. The fourth-order valence-corrected chi connectivity index (χ4v) is 1.35. The number of rotatable bonds is 7. The number of amides is 1. The van der Waals surface area contributed by atoms with E-state index in [-0.39, 0.29) is 24.1 Å². The Hall–Kier alpha value is -2.45. The summed E-state index contributed by atoms with van der Waals surface area (Å²) in [6.07, 6.45) is 1.13. The standard InChI is InChI=1S/C11H17N5O4/c1-7(2)4-12-8(17)5-13-10-9(16(18)19)11(20-3)15-6-14-10/h6-7H,4-5H2,1-3H3,(H,12,17)(H,13,14,15). The predicted molar refractivity (Wildman–Crippen MR) is 71.6 cm³/mol. The second kappa shape index (κ2) is 7.22. The molecule has 0 aliphatic carbocycles. The Bertz CT molecular complexity index is 492. The highest BCUT2D eigenvalue weighted by Gasteiger charge is 2.23. The van der Waals surface area contributed by atoms with Crippen LogP contribution in [0, 0.1) is 16.0 Å². The molecule has 0 fully saturated rings. The van der Waals surface area contributed by atoms with Crippen molar-refractivity contribution in [3.63, 3.8) is 0 Å². The van der Waals surface area contributed by atoms with E-state index in [4.69, 9.17) is 4.74 Å². The van der Waals surface area contributed by atoms with Crippen LogP contribution in [-0.2, 0) is 4.79 Å². The van der Waals surface area contributed by atoms with Crippen LogP contribution >= 0.6 is 0 Å². The van der Waals surface area contributed by atoms with Crippen LogP contribution in [0.5, 0.6) is 5.88 Å². The van der Waals surface area contributed by atoms with Gasteiger partial charge >= 0.3 is 5.69 Å². The summed E-state index contributed by atoms with van der Waals surface area (Å²) >= 11 is 0. The van der Waals surface area contributed by atoms with E-state index < -0.39 is 10.6 Å². The summed E-state index contributed by atoms with van der Waals surface area (Å²) in [7, 11) is 1.27. The van der Waals surface area contributed by atoms with Gasteiger partial charge < -0.3 is 15.4 Å². The lowest BCUT2D eigenvalue weighted by atomic mass is 10.2. The molecule has 1 heterocycles. The number of hydrogen-bond acceptors (Lipinski definition) is 7. The van der Waals surface area contributed by atoms with Gasteiger partial charge in [-0.2, -0.15) is 4.98 Å². The molecule has 9 nitrogen and oxygen atoms in total. The zero-order valence-electron chi connectivity index (χ0n) is 11.5. The van der Waals surface area contributed by atoms with Crippen molar-refractivity contribution >= 4 is 17.4 Å². The molecule has 0 saturated carbocycles. The lowest BCUT2D eigenvalue weighted by Gasteiger charge is -2.09. The summed E-state index contributed by atoms with van der Waals surface area (Å²) in [4.78, 5) is 29.2. The molecule has 0 aliphatic heterocycles. The van der Waals surface area contributed by atoms with Crippen LogP contribution in [-0.4, -0.2) is 41.0 Å². The number of nitro groups is 1. The first-order chi connectivity index (χ1) is 9.45. The van der Waals surface area contributed by atoms with Crippen LogP contribution in [0.1, 0.15) is 13.8 Å². The van der Waals surface area contributed by atoms with Gasteiger partial charge in [0.05, 0.1) is 18.6 Å². The Labute approximate surface area is 115 Å². The third-order valence-electron chi connectivity index (χ3n) is 2.29. The average Bonchev–Trinajstić information content (AvgIpc) is 2.41. The summed E-state index contributed by atoms with van der Waals surface area (Å²) in [6, 6.07) is 0. The summed E-state index contributed by atoms with van der Waals surface area (Å²) in [5.74, 6) is -0.158. The van der Waals surface area contributed by atoms with Gasteiger partial charge in [0.15, 0.2) is 0 Å². The third-order valence-corrected chi connectivity index (χ3v) is 2.29. The van der Waals surface area contributed by atoms with Crippen molar-refractivity contribution in [2.75, 3.05) is 25.5 Å². The lowest BCUT2D eigenvalue weighted by molar-refractivity contribution is -0.385. The molecule has 1 rings (SSSR count). The molecular weight excluding hydrogens is 266 g/mol. The number of ether oxygens (including phenoxy) is 1. The van der Waals surface area contributed by atoms with Crippen LogP contribution in [0.3, 0.4) is 0 Å². The largest absolute Gasteiger partial charge is 0.476 e. The number of carbonyl (C=O) groups excluding carboxylic acids is 1. The molecular formula is C11H17N5O4. The number of anilines is 1. The predicted octanol–water partition coefficient (Wildman–Crippen LogP) is 0.577. The number of hydrogen-bond donors (Lipinski definition) is 2. The van der Waals surface area contributed by atoms with Gasteiger partial charge in [0, 0.05) is 6.54 Å². The van der Waals surface area contributed by atoms with E-state index in [1.54, 1.807) is 0 Å². The molecule has 2 N–H and O–H groups in total. The van der Waals surface area contributed by atoms with Crippen LogP contribution in [0.15, 0.2) is 6.33 Å². The minimum Gasteiger partial charge on any atom is -0.476 e. The SMILES string of the molecule is COc1ncnc(NCC(=O)NCC(C)C)c1[N+](=O)[O-]. The molecule has 0 spiro atoms. The van der Waals surface area contributed by atoms with Gasteiger partial charge in [0.1, 0.15) is 6.33 Å². The first-order valence-corrected chi connectivity index (χ1v) is 5.99. The van der Waals surface area contributed by atoms with Crippen LogP contribution < -0.4 is 15.4 Å². The van der Waals surface area contributed by atoms with E-state index in [0.29, 0.717) is 12.5 Å². The number of carbonyl (C=O) groups is 1. The molecule has 0 aliphatic rings. The minimum absolute atomic E-state index is 0.0541. The molecule has 20 heavy (non-hydrogen) atoms. The first-order valence-electron chi connectivity index (χ1n) is 5.99. The zero-order valence-corrected chi connectivity index (χ0v) is 11.5. The minimum atomic E-state index is -0.660. The van der Waals surface area contributed by atoms with Crippen molar-refractivity contribution in [3.8, 4) is 5.88 Å². The van der Waals surface area contributed by atoms with Crippen LogP contribution in [0.2, 0.25) is 0 Å². The van der Waals surface area contributed by atoms with E-state index in [0.717, 1.165) is 6.33 Å². The van der Waals surface area contributed by atoms with E-state index in [1.165, 1.54) is 7.11 Å². The molecule has 1 aromatic rings. The van der Waals surface area contributed by atoms with Crippen molar-refractivity contribution in [3.05, 3.63) is 16.4 Å². The summed E-state index contributed by atoms with van der Waals surface area (Å²) in [5.41, 5.74) is -0.397. The fraction of sp³-hybridized carbons (Fsp3) is 0.545. The molecule has 0 aromatic carbocycles. The zero-order chi connectivity index (χ0) is 15.1. The highest BCUT2D eigenvalue weighted by Crippen LogP contribution is 2.29. The van der Waals surface area contributed by atoms with Crippen molar-refractivity contribution in [1.82, 2.24) is 15.3 Å². The Balaban J connectivity index is 2.73. The van der Waals surface area contributed by atoms with Crippen LogP contribution in [0.4, 0.5) is 11.5 Å². The molecule has 1 aromatic heterocycles. The van der Waals surface area contributed by atoms with Gasteiger partial charge in [-0.25, -0.2) is 4.98 Å². The fourth-order valence-electron chi connectivity index (χ4n) is 1.35. The summed E-state index contributed by atoms with van der Waals surface area (Å²) in [5, 5.41) is 16.3. The third kappa shape index (κ3) is 4.34. The second-order valence-electron chi connectivity index (χ2n) is 4.39. The summed E-state index contributed by atoms with van der Waals surface area (Å²) in [6.45, 7) is 4.35. The van der Waals surface area contributed by atoms with Crippen molar-refractivity contribution in [2.45, 2.75) is 13.8 Å². The second-order valence-corrected chi connectivity index (χ2v) is 4.39. The number of nitrogens with zero attached hydrogens (tertiary/aromatic N) is 3. The normalized spacial score (nSPS) is 10.2. The van der Waals surface area contributed by atoms with Crippen molar-refractivity contribution in [1.29, 1.82) is 0 Å². The maximum Gasteiger partial charge on any atom is 0.372 e. The topological polar surface area (TPSA) is 119 Å². The lowest BCUT2D eigenvalue weighted by Crippen LogP contribution is -2.32. The maximum atomic E-state index is 11.5. The Kier molecular flexibility index (Phi) is 5.63. The molecule has 0 saturated heterocycles. The van der Waals surface area contributed by atoms with Gasteiger partial charge in [0.25, 0.3) is 5.88 Å². The van der Waals surface area contributed by atoms with Crippen LogP contribution in [0.25, 0.3) is 0 Å². The Morgan fingerprint density at radius 3 is 2.75 bits per heavy atom. The smallest absolute Gasteiger partial charge is 0.372 e. The molecule has 0 bridgehead atoms. The maximum absolute atomic E-state index is 11.5. The Morgan fingerprint density at radius 1 is 1.50 bits per heavy atom. The average molecular weight is 283 g/mol. The molecule has 0 atom stereocenters. The van der Waals surface area contributed by atoms with E-state index in [9.17, 15) is 14.9 Å². The highest BCUT2D eigenvalue weighted by molar-refractivity contribution is 5.81. The van der Waals surface area contributed by atoms with E-state index >= 15 is 0 Å². The van der Waals surface area contributed by atoms with E-state index in [2.05, 4.69) is 20.6 Å². The highest BCUT2D eigenvalue weighted by atomic mass is 16.6. The van der Waals surface area contributed by atoms with E-state index in [1.807, 2.05) is 13.8 Å². The monoisotopic (exact) mass is 283 g/mol. The number of methoxy groups -OCH3 is 1. The molecule has 9 heteroatoms. The Morgan fingerprint density at radius 2 is 2.20 bits per heavy atom. The van der Waals surface area contributed by atoms with Gasteiger partial charge in [-0.3, -0.25) is 14.9 Å². The number of nitrogens with one attached hydrogen (secondary N) is 2. The quantitative estimate of drug-likeness (QED) is 0.554.